The van der Waals surface area contributed by atoms with E-state index in [9.17, 15) is 14.4 Å². The third kappa shape index (κ3) is 8.45. The van der Waals surface area contributed by atoms with Gasteiger partial charge in [-0.1, -0.05) is 17.7 Å². The van der Waals surface area contributed by atoms with Gasteiger partial charge in [0.05, 0.1) is 12.8 Å². The Balaban J connectivity index is 1.77. The number of amides is 3. The van der Waals surface area contributed by atoms with Crippen LogP contribution >= 0.6 is 11.6 Å². The van der Waals surface area contributed by atoms with Crippen LogP contribution in [0.25, 0.3) is 0 Å². The third-order valence-corrected chi connectivity index (χ3v) is 4.14. The topological polar surface area (TPSA) is 118 Å². The van der Waals surface area contributed by atoms with E-state index < -0.39 is 11.8 Å². The molecule has 2 aromatic rings. The van der Waals surface area contributed by atoms with Crippen LogP contribution in [-0.4, -0.2) is 50.8 Å². The first kappa shape index (κ1) is 23.8. The normalized spacial score (nSPS) is 10.5. The fourth-order valence-electron chi connectivity index (χ4n) is 2.28. The van der Waals surface area contributed by atoms with Gasteiger partial charge in [0.1, 0.15) is 5.75 Å². The lowest BCUT2D eigenvalue weighted by molar-refractivity contribution is -0.139. The molecule has 31 heavy (non-hydrogen) atoms. The zero-order valence-corrected chi connectivity index (χ0v) is 17.9. The Labute approximate surface area is 184 Å². The highest BCUT2D eigenvalue weighted by Gasteiger charge is 2.11. The molecule has 0 atom stereocenters. The second-order valence-electron chi connectivity index (χ2n) is 6.31. The number of aryl methyl sites for hydroxylation is 1. The quantitative estimate of drug-likeness (QED) is 0.235. The Morgan fingerprint density at radius 1 is 1.10 bits per heavy atom. The smallest absolute Gasteiger partial charge is 0.329 e. The number of benzene rings is 2. The lowest BCUT2D eigenvalue weighted by atomic mass is 10.2. The summed E-state index contributed by atoms with van der Waals surface area (Å²) in [4.78, 5) is 35.1. The van der Waals surface area contributed by atoms with Gasteiger partial charge in [-0.25, -0.2) is 5.43 Å². The predicted molar refractivity (Wildman–Crippen MR) is 117 cm³/mol. The molecule has 3 amide bonds. The number of hydrogen-bond donors (Lipinski definition) is 3. The first-order valence-electron chi connectivity index (χ1n) is 9.28. The molecule has 3 N–H and O–H groups in total. The number of anilines is 1. The summed E-state index contributed by atoms with van der Waals surface area (Å²) in [6, 6.07) is 11.9. The summed E-state index contributed by atoms with van der Waals surface area (Å²) in [6.07, 6.45) is 1.37. The summed E-state index contributed by atoms with van der Waals surface area (Å²) >= 11 is 5.94. The van der Waals surface area contributed by atoms with E-state index in [1.807, 2.05) is 13.0 Å². The van der Waals surface area contributed by atoms with Crippen LogP contribution < -0.4 is 20.8 Å². The molecule has 0 saturated carbocycles. The van der Waals surface area contributed by atoms with Gasteiger partial charge in [-0.05, 0) is 54.4 Å². The third-order valence-electron chi connectivity index (χ3n) is 3.90. The van der Waals surface area contributed by atoms with E-state index in [1.165, 1.54) is 13.3 Å². The highest BCUT2D eigenvalue weighted by molar-refractivity contribution is 6.35. The van der Waals surface area contributed by atoms with Crippen molar-refractivity contribution in [1.82, 2.24) is 10.7 Å². The van der Waals surface area contributed by atoms with Crippen molar-refractivity contribution in [3.63, 3.8) is 0 Å². The number of carbonyl (C=O) groups excluding carboxylic acids is 3. The molecule has 0 bridgehead atoms. The average molecular weight is 447 g/mol. The van der Waals surface area contributed by atoms with Gasteiger partial charge >= 0.3 is 11.8 Å². The first-order chi connectivity index (χ1) is 14.9. The number of methoxy groups -OCH3 is 1. The maximum absolute atomic E-state index is 12.1. The molecule has 164 valence electrons. The lowest BCUT2D eigenvalue weighted by Crippen LogP contribution is -2.39. The van der Waals surface area contributed by atoms with Gasteiger partial charge in [-0.15, -0.1) is 0 Å². The Morgan fingerprint density at radius 3 is 2.55 bits per heavy atom. The Bertz CT molecular complexity index is 947. The molecular formula is C21H23ClN4O5. The van der Waals surface area contributed by atoms with Crippen LogP contribution in [0.15, 0.2) is 47.6 Å². The molecule has 0 saturated heterocycles. The van der Waals surface area contributed by atoms with Gasteiger partial charge in [0.15, 0.2) is 6.61 Å². The number of rotatable bonds is 9. The van der Waals surface area contributed by atoms with Crippen molar-refractivity contribution >= 4 is 41.2 Å². The summed E-state index contributed by atoms with van der Waals surface area (Å²) in [7, 11) is 1.49. The largest absolute Gasteiger partial charge is 0.484 e. The molecule has 0 aromatic heterocycles. The monoisotopic (exact) mass is 446 g/mol. The second kappa shape index (κ2) is 12.3. The SMILES string of the molecule is COCCNC(=O)C(=O)N/N=C\c1ccc(OCC(=O)Nc2cc(Cl)ccc2C)cc1. The molecule has 0 radical (unpaired) electrons. The molecule has 0 heterocycles. The summed E-state index contributed by atoms with van der Waals surface area (Å²) in [5.74, 6) is -1.52. The Hall–Kier alpha value is -3.43. The number of nitrogens with one attached hydrogen (secondary N) is 3. The van der Waals surface area contributed by atoms with Crippen LogP contribution in [-0.2, 0) is 19.1 Å². The number of hydrogen-bond acceptors (Lipinski definition) is 6. The Kier molecular flexibility index (Phi) is 9.47. The van der Waals surface area contributed by atoms with Gasteiger partial charge in [-0.3, -0.25) is 14.4 Å². The van der Waals surface area contributed by atoms with Crippen molar-refractivity contribution in [3.05, 3.63) is 58.6 Å². The number of carbonyl (C=O) groups is 3. The molecule has 0 aliphatic heterocycles. The summed E-state index contributed by atoms with van der Waals surface area (Å²) in [6.45, 7) is 2.22. The van der Waals surface area contributed by atoms with Crippen molar-refractivity contribution in [1.29, 1.82) is 0 Å². The van der Waals surface area contributed by atoms with Crippen LogP contribution in [0.3, 0.4) is 0 Å². The highest BCUT2D eigenvalue weighted by Crippen LogP contribution is 2.20. The molecule has 9 nitrogen and oxygen atoms in total. The van der Waals surface area contributed by atoms with E-state index in [1.54, 1.807) is 36.4 Å². The highest BCUT2D eigenvalue weighted by atomic mass is 35.5. The number of nitrogens with zero attached hydrogens (tertiary/aromatic N) is 1. The predicted octanol–water partition coefficient (Wildman–Crippen LogP) is 1.88. The Morgan fingerprint density at radius 2 is 1.84 bits per heavy atom. The van der Waals surface area contributed by atoms with Crippen molar-refractivity contribution < 1.29 is 23.9 Å². The number of hydrazone groups is 1. The molecule has 2 aromatic carbocycles. The zero-order valence-electron chi connectivity index (χ0n) is 17.1. The fourth-order valence-corrected chi connectivity index (χ4v) is 2.45. The van der Waals surface area contributed by atoms with E-state index in [2.05, 4.69) is 21.2 Å². The minimum atomic E-state index is -0.881. The molecular weight excluding hydrogens is 424 g/mol. The first-order valence-corrected chi connectivity index (χ1v) is 9.66. The van der Waals surface area contributed by atoms with Crippen molar-refractivity contribution in [2.75, 3.05) is 32.2 Å². The summed E-state index contributed by atoms with van der Waals surface area (Å²) in [5, 5.41) is 9.38. The molecule has 0 fully saturated rings. The second-order valence-corrected chi connectivity index (χ2v) is 6.75. The zero-order chi connectivity index (χ0) is 22.6. The van der Waals surface area contributed by atoms with Crippen molar-refractivity contribution in [2.24, 2.45) is 5.10 Å². The number of halogens is 1. The van der Waals surface area contributed by atoms with Crippen molar-refractivity contribution in [3.8, 4) is 5.75 Å². The van der Waals surface area contributed by atoms with Crippen LogP contribution in [0.2, 0.25) is 5.02 Å². The van der Waals surface area contributed by atoms with E-state index in [0.29, 0.717) is 28.6 Å². The summed E-state index contributed by atoms with van der Waals surface area (Å²) in [5.41, 5.74) is 4.30. The molecule has 0 unspecified atom stereocenters. The molecule has 10 heteroatoms. The van der Waals surface area contributed by atoms with Gasteiger partial charge in [-0.2, -0.15) is 5.10 Å². The van der Waals surface area contributed by atoms with E-state index in [0.717, 1.165) is 5.56 Å². The van der Waals surface area contributed by atoms with Crippen LogP contribution in [0.4, 0.5) is 5.69 Å². The molecule has 0 spiro atoms. The molecule has 2 rings (SSSR count). The van der Waals surface area contributed by atoms with E-state index in [-0.39, 0.29) is 19.1 Å². The average Bonchev–Trinajstić information content (AvgIpc) is 2.75. The maximum Gasteiger partial charge on any atom is 0.329 e. The van der Waals surface area contributed by atoms with E-state index in [4.69, 9.17) is 21.1 Å². The van der Waals surface area contributed by atoms with Crippen LogP contribution in [0.1, 0.15) is 11.1 Å². The molecule has 0 aliphatic rings. The minimum absolute atomic E-state index is 0.173. The minimum Gasteiger partial charge on any atom is -0.484 e. The van der Waals surface area contributed by atoms with Gasteiger partial charge in [0.2, 0.25) is 0 Å². The lowest BCUT2D eigenvalue weighted by Gasteiger charge is -2.10. The maximum atomic E-state index is 12.1. The summed E-state index contributed by atoms with van der Waals surface area (Å²) < 4.78 is 10.2. The standard InChI is InChI=1S/C21H23ClN4O5/c1-14-3-6-16(22)11-18(14)25-19(27)13-31-17-7-4-15(5-8-17)12-24-26-21(29)20(28)23-9-10-30-2/h3-8,11-12H,9-10,13H2,1-2H3,(H,23,28)(H,25,27)(H,26,29)/b24-12-. The van der Waals surface area contributed by atoms with Crippen LogP contribution in [0.5, 0.6) is 5.75 Å². The number of ether oxygens (including phenoxy) is 2. The van der Waals surface area contributed by atoms with Crippen LogP contribution in [0, 0.1) is 6.92 Å². The van der Waals surface area contributed by atoms with E-state index >= 15 is 0 Å². The fraction of sp³-hybridized carbons (Fsp3) is 0.238. The van der Waals surface area contributed by atoms with Gasteiger partial charge < -0.3 is 20.1 Å². The van der Waals surface area contributed by atoms with Gasteiger partial charge in [0.25, 0.3) is 5.91 Å². The van der Waals surface area contributed by atoms with Crippen molar-refractivity contribution in [2.45, 2.75) is 6.92 Å². The van der Waals surface area contributed by atoms with Gasteiger partial charge in [0, 0.05) is 24.4 Å². The molecule has 0 aliphatic carbocycles.